The predicted molar refractivity (Wildman–Crippen MR) is 114 cm³/mol. The number of hydrogen-bond acceptors (Lipinski definition) is 6. The molecule has 2 heterocycles. The highest BCUT2D eigenvalue weighted by molar-refractivity contribution is 6.06. The molecule has 2 rings (SSSR count). The summed E-state index contributed by atoms with van der Waals surface area (Å²) in [4.78, 5) is 28.2. The van der Waals surface area contributed by atoms with Gasteiger partial charge in [0, 0.05) is 20.1 Å². The molecule has 0 saturated carbocycles. The van der Waals surface area contributed by atoms with Crippen LogP contribution in [-0.4, -0.2) is 47.5 Å². The molecule has 0 spiro atoms. The standard InChI is InChI=1S/C16H24N6O.C4H6O/c1-4-8-22(9-5-2)12-6-7-14(18-10-12)20-16(23)15-13(17-3)11-19-21-15;1-2-3-4-5/h6-7,10-11,17H,4-5,8-9H2,1-3H3,(H,19,21)(H,18,20,23);2-4H,1H3/b;3-2-. The van der Waals surface area contributed by atoms with Gasteiger partial charge in [0.15, 0.2) is 0 Å². The first-order chi connectivity index (χ1) is 13.6. The van der Waals surface area contributed by atoms with E-state index in [0.29, 0.717) is 17.2 Å². The Balaban J connectivity index is 0.000000696. The lowest BCUT2D eigenvalue weighted by Gasteiger charge is -2.23. The van der Waals surface area contributed by atoms with Crippen molar-refractivity contribution in [2.45, 2.75) is 33.6 Å². The average molecular weight is 387 g/mol. The molecule has 0 radical (unpaired) electrons. The lowest BCUT2D eigenvalue weighted by atomic mass is 10.3. The highest BCUT2D eigenvalue weighted by Crippen LogP contribution is 2.17. The van der Waals surface area contributed by atoms with Crippen molar-refractivity contribution in [2.24, 2.45) is 0 Å². The average Bonchev–Trinajstić information content (AvgIpc) is 3.19. The zero-order valence-corrected chi connectivity index (χ0v) is 17.0. The minimum absolute atomic E-state index is 0.272. The van der Waals surface area contributed by atoms with Crippen molar-refractivity contribution in [3.05, 3.63) is 42.4 Å². The highest BCUT2D eigenvalue weighted by atomic mass is 16.2. The first-order valence-corrected chi connectivity index (χ1v) is 9.41. The Kier molecular flexibility index (Phi) is 10.7. The number of aldehydes is 1. The van der Waals surface area contributed by atoms with Crippen molar-refractivity contribution in [2.75, 3.05) is 35.7 Å². The van der Waals surface area contributed by atoms with Gasteiger partial charge in [-0.25, -0.2) is 4.98 Å². The van der Waals surface area contributed by atoms with Crippen molar-refractivity contribution >= 4 is 29.4 Å². The van der Waals surface area contributed by atoms with Crippen LogP contribution in [0.1, 0.15) is 44.1 Å². The molecule has 8 heteroatoms. The summed E-state index contributed by atoms with van der Waals surface area (Å²) in [5, 5.41) is 12.2. The van der Waals surface area contributed by atoms with Crippen LogP contribution in [0.25, 0.3) is 0 Å². The van der Waals surface area contributed by atoms with Crippen LogP contribution >= 0.6 is 0 Å². The van der Waals surface area contributed by atoms with Crippen molar-refractivity contribution < 1.29 is 9.59 Å². The van der Waals surface area contributed by atoms with E-state index in [9.17, 15) is 9.59 Å². The molecule has 8 nitrogen and oxygen atoms in total. The number of H-pyrrole nitrogens is 1. The van der Waals surface area contributed by atoms with Gasteiger partial charge in [-0.1, -0.05) is 19.9 Å². The smallest absolute Gasteiger partial charge is 0.276 e. The minimum Gasteiger partial charge on any atom is -0.385 e. The number of pyridine rings is 1. The Labute approximate surface area is 166 Å². The number of hydrogen-bond donors (Lipinski definition) is 3. The fourth-order valence-electron chi connectivity index (χ4n) is 2.46. The Morgan fingerprint density at radius 1 is 1.21 bits per heavy atom. The molecule has 0 aliphatic carbocycles. The van der Waals surface area contributed by atoms with Crippen molar-refractivity contribution in [3.63, 3.8) is 0 Å². The maximum absolute atomic E-state index is 12.2. The van der Waals surface area contributed by atoms with E-state index in [-0.39, 0.29) is 5.91 Å². The highest BCUT2D eigenvalue weighted by Gasteiger charge is 2.14. The van der Waals surface area contributed by atoms with Gasteiger partial charge in [0.2, 0.25) is 0 Å². The Bertz CT molecular complexity index is 733. The second-order valence-electron chi connectivity index (χ2n) is 5.91. The molecule has 3 N–H and O–H groups in total. The quantitative estimate of drug-likeness (QED) is 0.450. The maximum Gasteiger partial charge on any atom is 0.276 e. The van der Waals surface area contributed by atoms with E-state index < -0.39 is 0 Å². The van der Waals surface area contributed by atoms with Crippen molar-refractivity contribution in [3.8, 4) is 0 Å². The van der Waals surface area contributed by atoms with Crippen molar-refractivity contribution in [1.29, 1.82) is 0 Å². The van der Waals surface area contributed by atoms with Crippen LogP contribution in [0.15, 0.2) is 36.7 Å². The van der Waals surface area contributed by atoms with Crippen LogP contribution in [-0.2, 0) is 4.79 Å². The summed E-state index contributed by atoms with van der Waals surface area (Å²) in [7, 11) is 1.74. The third-order valence-electron chi connectivity index (χ3n) is 3.75. The molecule has 0 fully saturated rings. The number of allylic oxidation sites excluding steroid dienone is 2. The van der Waals surface area contributed by atoms with Crippen LogP contribution in [0.4, 0.5) is 17.2 Å². The minimum atomic E-state index is -0.272. The lowest BCUT2D eigenvalue weighted by Crippen LogP contribution is -2.25. The molecule has 0 aliphatic heterocycles. The Hall–Kier alpha value is -3.16. The van der Waals surface area contributed by atoms with E-state index >= 15 is 0 Å². The van der Waals surface area contributed by atoms with Gasteiger partial charge >= 0.3 is 0 Å². The Morgan fingerprint density at radius 3 is 2.39 bits per heavy atom. The molecular formula is C20H30N6O2. The fourth-order valence-corrected chi connectivity index (χ4v) is 2.46. The van der Waals surface area contributed by atoms with Gasteiger partial charge < -0.3 is 15.5 Å². The zero-order chi connectivity index (χ0) is 20.8. The summed E-state index contributed by atoms with van der Waals surface area (Å²) in [6.45, 7) is 8.12. The van der Waals surface area contributed by atoms with Crippen molar-refractivity contribution in [1.82, 2.24) is 15.2 Å². The summed E-state index contributed by atoms with van der Waals surface area (Å²) in [5.74, 6) is 0.245. The predicted octanol–water partition coefficient (Wildman–Crippen LogP) is 3.49. The van der Waals surface area contributed by atoms with Gasteiger partial charge in [-0.3, -0.25) is 14.7 Å². The zero-order valence-electron chi connectivity index (χ0n) is 17.0. The third kappa shape index (κ3) is 7.22. The topological polar surface area (TPSA) is 103 Å². The number of carbonyl (C=O) groups excluding carboxylic acids is 2. The summed E-state index contributed by atoms with van der Waals surface area (Å²) in [5.41, 5.74) is 2.11. The van der Waals surface area contributed by atoms with Gasteiger partial charge in [0.25, 0.3) is 5.91 Å². The molecule has 0 aromatic carbocycles. The van der Waals surface area contributed by atoms with Gasteiger partial charge in [-0.2, -0.15) is 5.10 Å². The van der Waals surface area contributed by atoms with Gasteiger partial charge in [-0.15, -0.1) is 0 Å². The number of anilines is 3. The molecule has 1 amide bonds. The fraction of sp³-hybridized carbons (Fsp3) is 0.400. The van der Waals surface area contributed by atoms with Crippen LogP contribution in [0.5, 0.6) is 0 Å². The summed E-state index contributed by atoms with van der Waals surface area (Å²) < 4.78 is 0. The first kappa shape index (κ1) is 22.9. The van der Waals surface area contributed by atoms with E-state index in [1.165, 1.54) is 6.08 Å². The molecule has 2 aromatic heterocycles. The number of amides is 1. The van der Waals surface area contributed by atoms with E-state index in [1.807, 2.05) is 12.1 Å². The summed E-state index contributed by atoms with van der Waals surface area (Å²) >= 11 is 0. The molecule has 152 valence electrons. The monoisotopic (exact) mass is 386 g/mol. The normalized spacial score (nSPS) is 10.1. The van der Waals surface area contributed by atoms with Crippen LogP contribution in [0, 0.1) is 0 Å². The Morgan fingerprint density at radius 2 is 1.93 bits per heavy atom. The van der Waals surface area contributed by atoms with E-state index in [1.54, 1.807) is 32.4 Å². The van der Waals surface area contributed by atoms with E-state index in [2.05, 4.69) is 44.6 Å². The molecule has 2 aromatic rings. The van der Waals surface area contributed by atoms with Crippen LogP contribution in [0.3, 0.4) is 0 Å². The molecule has 0 saturated heterocycles. The molecule has 0 bridgehead atoms. The third-order valence-corrected chi connectivity index (χ3v) is 3.75. The number of carbonyl (C=O) groups is 2. The van der Waals surface area contributed by atoms with Gasteiger partial charge in [0.1, 0.15) is 17.8 Å². The second kappa shape index (κ2) is 13.1. The number of aromatic amines is 1. The molecule has 0 atom stereocenters. The molecule has 0 unspecified atom stereocenters. The summed E-state index contributed by atoms with van der Waals surface area (Å²) in [6, 6.07) is 3.81. The largest absolute Gasteiger partial charge is 0.385 e. The van der Waals surface area contributed by atoms with Gasteiger partial charge in [-0.05, 0) is 38.0 Å². The second-order valence-corrected chi connectivity index (χ2v) is 5.91. The SMILES string of the molecule is C/C=C\C=O.CCCN(CCC)c1ccc(NC(=O)c2[nH]ncc2NC)nc1. The molecule has 0 aliphatic rings. The number of aromatic nitrogens is 3. The van der Waals surface area contributed by atoms with Crippen LogP contribution in [0.2, 0.25) is 0 Å². The van der Waals surface area contributed by atoms with Crippen LogP contribution < -0.4 is 15.5 Å². The molecule has 28 heavy (non-hydrogen) atoms. The lowest BCUT2D eigenvalue weighted by molar-refractivity contribution is -0.104. The summed E-state index contributed by atoms with van der Waals surface area (Å²) in [6.07, 6.45) is 9.43. The van der Waals surface area contributed by atoms with E-state index in [0.717, 1.165) is 37.9 Å². The number of nitrogens with zero attached hydrogens (tertiary/aromatic N) is 3. The maximum atomic E-state index is 12.2. The van der Waals surface area contributed by atoms with E-state index in [4.69, 9.17) is 0 Å². The number of rotatable bonds is 9. The van der Waals surface area contributed by atoms with Gasteiger partial charge in [0.05, 0.1) is 23.8 Å². The number of nitrogens with one attached hydrogen (secondary N) is 3. The molecular weight excluding hydrogens is 356 g/mol. The first-order valence-electron chi connectivity index (χ1n) is 9.41.